The van der Waals surface area contributed by atoms with E-state index in [0.717, 1.165) is 35.4 Å². The normalized spacial score (nSPS) is 11.6. The molecule has 138 valence electrons. The number of ether oxygens (including phenoxy) is 1. The lowest BCUT2D eigenvalue weighted by Gasteiger charge is -2.17. The van der Waals surface area contributed by atoms with Gasteiger partial charge in [-0.25, -0.2) is 0 Å². The van der Waals surface area contributed by atoms with Crippen molar-refractivity contribution >= 4 is 11.6 Å². The Morgan fingerprint density at radius 1 is 0.889 bits per heavy atom. The molecule has 0 radical (unpaired) electrons. The lowest BCUT2D eigenvalue weighted by Crippen LogP contribution is -2.21. The molecule has 0 aliphatic heterocycles. The Labute approximate surface area is 161 Å². The molecule has 0 fully saturated rings. The smallest absolute Gasteiger partial charge is 0.231 e. The van der Waals surface area contributed by atoms with Crippen LogP contribution in [0, 0.1) is 0 Å². The highest BCUT2D eigenvalue weighted by atomic mass is 16.5. The van der Waals surface area contributed by atoms with Crippen LogP contribution < -0.4 is 10.1 Å². The predicted octanol–water partition coefficient (Wildman–Crippen LogP) is 5.79. The molecule has 0 aromatic heterocycles. The summed E-state index contributed by atoms with van der Waals surface area (Å²) in [5.41, 5.74) is 2.96. The second kappa shape index (κ2) is 9.58. The van der Waals surface area contributed by atoms with Crippen LogP contribution in [0.3, 0.4) is 0 Å². The fraction of sp³-hybridized carbons (Fsp3) is 0.208. The topological polar surface area (TPSA) is 38.3 Å². The second-order valence-corrected chi connectivity index (χ2v) is 6.54. The molecule has 3 nitrogen and oxygen atoms in total. The summed E-state index contributed by atoms with van der Waals surface area (Å²) < 4.78 is 5.79. The van der Waals surface area contributed by atoms with Crippen LogP contribution in [0.15, 0.2) is 84.9 Å². The van der Waals surface area contributed by atoms with Gasteiger partial charge in [-0.2, -0.15) is 0 Å². The molecule has 3 aromatic carbocycles. The molecule has 0 aliphatic rings. The van der Waals surface area contributed by atoms with Crippen molar-refractivity contribution in [3.63, 3.8) is 0 Å². The average Bonchev–Trinajstić information content (AvgIpc) is 2.73. The van der Waals surface area contributed by atoms with Crippen molar-refractivity contribution in [3.05, 3.63) is 96.1 Å². The minimum atomic E-state index is -0.134. The number of benzene rings is 3. The Bertz CT molecular complexity index is 829. The van der Waals surface area contributed by atoms with Gasteiger partial charge in [-0.05, 0) is 41.8 Å². The second-order valence-electron chi connectivity index (χ2n) is 6.54. The van der Waals surface area contributed by atoms with Crippen molar-refractivity contribution in [1.29, 1.82) is 0 Å². The number of carbonyl (C=O) groups is 1. The molecular weight excluding hydrogens is 334 g/mol. The van der Waals surface area contributed by atoms with Crippen LogP contribution >= 0.6 is 0 Å². The van der Waals surface area contributed by atoms with Gasteiger partial charge in [0.15, 0.2) is 0 Å². The minimum Gasteiger partial charge on any atom is -0.489 e. The van der Waals surface area contributed by atoms with E-state index in [9.17, 15) is 4.79 Å². The van der Waals surface area contributed by atoms with Crippen molar-refractivity contribution in [2.45, 2.75) is 32.3 Å². The Morgan fingerprint density at radius 2 is 1.52 bits per heavy atom. The van der Waals surface area contributed by atoms with Gasteiger partial charge in [0, 0.05) is 5.69 Å². The molecule has 3 aromatic rings. The van der Waals surface area contributed by atoms with Gasteiger partial charge in [0.05, 0.1) is 5.92 Å². The molecular formula is C24H25NO2. The van der Waals surface area contributed by atoms with Crippen LogP contribution in [-0.2, 0) is 11.4 Å². The first kappa shape index (κ1) is 18.7. The van der Waals surface area contributed by atoms with E-state index in [1.807, 2.05) is 84.9 Å². The Balaban J connectivity index is 1.60. The predicted molar refractivity (Wildman–Crippen MR) is 110 cm³/mol. The van der Waals surface area contributed by atoms with E-state index in [0.29, 0.717) is 6.61 Å². The van der Waals surface area contributed by atoms with E-state index < -0.39 is 0 Å². The molecule has 1 amide bonds. The summed E-state index contributed by atoms with van der Waals surface area (Å²) in [4.78, 5) is 12.8. The minimum absolute atomic E-state index is 0.0287. The van der Waals surface area contributed by atoms with Crippen LogP contribution in [-0.4, -0.2) is 5.91 Å². The first-order valence-corrected chi connectivity index (χ1v) is 9.39. The van der Waals surface area contributed by atoms with Gasteiger partial charge in [0.2, 0.25) is 5.91 Å². The standard InChI is InChI=1S/C24H25NO2/c1-2-9-23(20-12-7-4-8-13-20)24(26)25-21-14-16-22(17-15-21)27-18-19-10-5-3-6-11-19/h3-8,10-17,23H,2,9,18H2,1H3,(H,25,26)/t23-/m0/s1. The van der Waals surface area contributed by atoms with Gasteiger partial charge in [-0.3, -0.25) is 4.79 Å². The number of hydrogen-bond donors (Lipinski definition) is 1. The molecule has 3 heteroatoms. The van der Waals surface area contributed by atoms with Crippen molar-refractivity contribution in [2.75, 3.05) is 5.32 Å². The van der Waals surface area contributed by atoms with Crippen LogP contribution in [0.2, 0.25) is 0 Å². The van der Waals surface area contributed by atoms with Gasteiger partial charge in [0.1, 0.15) is 12.4 Å². The van der Waals surface area contributed by atoms with Crippen molar-refractivity contribution in [1.82, 2.24) is 0 Å². The third-order valence-corrected chi connectivity index (χ3v) is 4.47. The lowest BCUT2D eigenvalue weighted by atomic mass is 9.93. The summed E-state index contributed by atoms with van der Waals surface area (Å²) in [5, 5.41) is 3.03. The zero-order chi connectivity index (χ0) is 18.9. The average molecular weight is 359 g/mol. The summed E-state index contributed by atoms with van der Waals surface area (Å²) in [5.74, 6) is 0.677. The van der Waals surface area contributed by atoms with E-state index in [4.69, 9.17) is 4.74 Å². The van der Waals surface area contributed by atoms with Gasteiger partial charge < -0.3 is 10.1 Å². The van der Waals surface area contributed by atoms with Crippen LogP contribution in [0.1, 0.15) is 36.8 Å². The fourth-order valence-corrected chi connectivity index (χ4v) is 3.03. The Morgan fingerprint density at radius 3 is 2.15 bits per heavy atom. The quantitative estimate of drug-likeness (QED) is 0.553. The summed E-state index contributed by atoms with van der Waals surface area (Å²) in [6.07, 6.45) is 1.79. The number of anilines is 1. The monoisotopic (exact) mass is 359 g/mol. The van der Waals surface area contributed by atoms with Crippen LogP contribution in [0.5, 0.6) is 5.75 Å². The number of hydrogen-bond acceptors (Lipinski definition) is 2. The summed E-state index contributed by atoms with van der Waals surface area (Å²) in [7, 11) is 0. The summed E-state index contributed by atoms with van der Waals surface area (Å²) in [6.45, 7) is 2.63. The Kier molecular flexibility index (Phi) is 6.64. The maximum Gasteiger partial charge on any atom is 0.231 e. The van der Waals surface area contributed by atoms with Crippen LogP contribution in [0.4, 0.5) is 5.69 Å². The number of carbonyl (C=O) groups excluding carboxylic acids is 1. The molecule has 1 atom stereocenters. The van der Waals surface area contributed by atoms with Gasteiger partial charge in [-0.15, -0.1) is 0 Å². The zero-order valence-electron chi connectivity index (χ0n) is 15.6. The van der Waals surface area contributed by atoms with Gasteiger partial charge in [0.25, 0.3) is 0 Å². The lowest BCUT2D eigenvalue weighted by molar-refractivity contribution is -0.117. The van der Waals surface area contributed by atoms with Gasteiger partial charge in [-0.1, -0.05) is 74.0 Å². The Hall–Kier alpha value is -3.07. The SMILES string of the molecule is CCC[C@H](C(=O)Nc1ccc(OCc2ccccc2)cc1)c1ccccc1. The molecule has 0 aliphatic carbocycles. The van der Waals surface area contributed by atoms with E-state index in [-0.39, 0.29) is 11.8 Å². The number of amides is 1. The highest BCUT2D eigenvalue weighted by Crippen LogP contribution is 2.24. The number of nitrogens with one attached hydrogen (secondary N) is 1. The third kappa shape index (κ3) is 5.45. The first-order chi connectivity index (χ1) is 13.3. The largest absolute Gasteiger partial charge is 0.489 e. The van der Waals surface area contributed by atoms with Crippen LogP contribution in [0.25, 0.3) is 0 Å². The molecule has 0 unspecified atom stereocenters. The number of rotatable bonds is 8. The molecule has 3 rings (SSSR count). The first-order valence-electron chi connectivity index (χ1n) is 9.39. The molecule has 0 saturated heterocycles. The maximum atomic E-state index is 12.8. The molecule has 0 saturated carbocycles. The zero-order valence-corrected chi connectivity index (χ0v) is 15.6. The molecule has 0 heterocycles. The highest BCUT2D eigenvalue weighted by Gasteiger charge is 2.19. The van der Waals surface area contributed by atoms with E-state index >= 15 is 0 Å². The molecule has 1 N–H and O–H groups in total. The third-order valence-electron chi connectivity index (χ3n) is 4.47. The van der Waals surface area contributed by atoms with E-state index in [2.05, 4.69) is 12.2 Å². The van der Waals surface area contributed by atoms with E-state index in [1.54, 1.807) is 0 Å². The summed E-state index contributed by atoms with van der Waals surface area (Å²) >= 11 is 0. The van der Waals surface area contributed by atoms with Gasteiger partial charge >= 0.3 is 0 Å². The van der Waals surface area contributed by atoms with Crippen molar-refractivity contribution in [3.8, 4) is 5.75 Å². The van der Waals surface area contributed by atoms with E-state index in [1.165, 1.54) is 0 Å². The van der Waals surface area contributed by atoms with Crippen molar-refractivity contribution in [2.24, 2.45) is 0 Å². The van der Waals surface area contributed by atoms with Crippen molar-refractivity contribution < 1.29 is 9.53 Å². The fourth-order valence-electron chi connectivity index (χ4n) is 3.03. The summed E-state index contributed by atoms with van der Waals surface area (Å²) in [6, 6.07) is 27.5. The highest BCUT2D eigenvalue weighted by molar-refractivity contribution is 5.95. The molecule has 0 spiro atoms. The maximum absolute atomic E-state index is 12.8. The molecule has 0 bridgehead atoms. The molecule has 27 heavy (non-hydrogen) atoms.